The van der Waals surface area contributed by atoms with E-state index in [2.05, 4.69) is 5.18 Å². The Bertz CT molecular complexity index is 697. The van der Waals surface area contributed by atoms with E-state index >= 15 is 0 Å². The maximum atomic E-state index is 11.4. The van der Waals surface area contributed by atoms with Gasteiger partial charge in [-0.3, -0.25) is 4.79 Å². The summed E-state index contributed by atoms with van der Waals surface area (Å²) in [7, 11) is 0. The first-order valence-electron chi connectivity index (χ1n) is 7.25. The van der Waals surface area contributed by atoms with Gasteiger partial charge in [-0.05, 0) is 50.8 Å². The van der Waals surface area contributed by atoms with Crippen molar-refractivity contribution in [3.63, 3.8) is 0 Å². The smallest absolute Gasteiger partial charge is 0.347 e. The molecule has 124 valence electrons. The summed E-state index contributed by atoms with van der Waals surface area (Å²) >= 11 is 0. The third kappa shape index (κ3) is 2.91. The Morgan fingerprint density at radius 1 is 1.26 bits per heavy atom. The highest BCUT2D eigenvalue weighted by atomic mass is 16.5. The zero-order valence-corrected chi connectivity index (χ0v) is 13.6. The van der Waals surface area contributed by atoms with Gasteiger partial charge in [-0.25, -0.2) is 4.79 Å². The van der Waals surface area contributed by atoms with E-state index in [1.54, 1.807) is 13.8 Å². The highest BCUT2D eigenvalue weighted by molar-refractivity contribution is 5.79. The van der Waals surface area contributed by atoms with Crippen molar-refractivity contribution in [3.05, 3.63) is 27.2 Å². The molecule has 1 atom stereocenters. The maximum Gasteiger partial charge on any atom is 0.347 e. The van der Waals surface area contributed by atoms with Gasteiger partial charge in [0.15, 0.2) is 6.61 Å². The summed E-state index contributed by atoms with van der Waals surface area (Å²) in [5, 5.41) is 11.7. The minimum absolute atomic E-state index is 0.340. The van der Waals surface area contributed by atoms with Crippen molar-refractivity contribution in [1.29, 1.82) is 0 Å². The van der Waals surface area contributed by atoms with E-state index in [1.165, 1.54) is 0 Å². The van der Waals surface area contributed by atoms with Crippen molar-refractivity contribution in [2.24, 2.45) is 5.18 Å². The highest BCUT2D eigenvalue weighted by Crippen LogP contribution is 2.43. The van der Waals surface area contributed by atoms with E-state index in [1.807, 2.05) is 13.8 Å². The molecule has 23 heavy (non-hydrogen) atoms. The number of carbonyl (C=O) groups excluding carboxylic acids is 1. The van der Waals surface area contributed by atoms with Crippen molar-refractivity contribution in [2.45, 2.75) is 46.1 Å². The van der Waals surface area contributed by atoms with Gasteiger partial charge in [0.1, 0.15) is 11.5 Å². The Balaban J connectivity index is 2.46. The molecule has 1 aromatic rings. The molecule has 7 nitrogen and oxygen atoms in total. The van der Waals surface area contributed by atoms with Crippen LogP contribution in [0.5, 0.6) is 11.5 Å². The summed E-state index contributed by atoms with van der Waals surface area (Å²) in [4.78, 5) is 32.6. The van der Waals surface area contributed by atoms with E-state index in [9.17, 15) is 19.6 Å². The number of nitroso groups, excluding NO2 is 1. The first kappa shape index (κ1) is 16.9. The van der Waals surface area contributed by atoms with Gasteiger partial charge in [0.2, 0.25) is 5.60 Å². The fourth-order valence-corrected chi connectivity index (χ4v) is 2.76. The normalized spacial score (nSPS) is 19.5. The maximum absolute atomic E-state index is 11.4. The van der Waals surface area contributed by atoms with Crippen LogP contribution >= 0.6 is 0 Å². The summed E-state index contributed by atoms with van der Waals surface area (Å²) in [5.41, 5.74) is 1.91. The van der Waals surface area contributed by atoms with Crippen LogP contribution in [-0.4, -0.2) is 29.2 Å². The van der Waals surface area contributed by atoms with Gasteiger partial charge in [0, 0.05) is 17.2 Å². The summed E-state index contributed by atoms with van der Waals surface area (Å²) in [6.07, 6.45) is 0.869. The Labute approximate surface area is 133 Å². The molecule has 0 bridgehead atoms. The Kier molecular flexibility index (Phi) is 4.40. The molecule has 0 saturated heterocycles. The number of nitrogens with zero attached hydrogens (tertiary/aromatic N) is 1. The Hall–Kier alpha value is -2.44. The van der Waals surface area contributed by atoms with E-state index in [-0.39, 0.29) is 0 Å². The first-order valence-corrected chi connectivity index (χ1v) is 7.25. The van der Waals surface area contributed by atoms with Gasteiger partial charge in [-0.15, -0.1) is 4.91 Å². The number of amides is 1. The number of aliphatic carboxylic acids is 1. The lowest BCUT2D eigenvalue weighted by molar-refractivity contribution is -0.155. The van der Waals surface area contributed by atoms with Crippen LogP contribution < -0.4 is 9.47 Å². The molecule has 1 amide bonds. The molecule has 1 aromatic carbocycles. The van der Waals surface area contributed by atoms with E-state index in [4.69, 9.17) is 9.47 Å². The molecule has 7 heteroatoms. The molecule has 0 aliphatic carbocycles. The molecule has 1 aliphatic heterocycles. The largest absolute Gasteiger partial charge is 0.483 e. The molecular formula is C16H19NO6. The van der Waals surface area contributed by atoms with Gasteiger partial charge in [-0.1, -0.05) is 0 Å². The van der Waals surface area contributed by atoms with Crippen LogP contribution in [0.15, 0.2) is 5.18 Å². The average molecular weight is 321 g/mol. The first-order chi connectivity index (χ1) is 10.7. The second-order valence-electron chi connectivity index (χ2n) is 5.92. The van der Waals surface area contributed by atoms with Gasteiger partial charge in [0.05, 0.1) is 0 Å². The van der Waals surface area contributed by atoms with Crippen LogP contribution in [0.1, 0.15) is 35.6 Å². The van der Waals surface area contributed by atoms with Gasteiger partial charge >= 0.3 is 11.9 Å². The number of hydrogen-bond donors (Lipinski definition) is 1. The number of benzene rings is 1. The lowest BCUT2D eigenvalue weighted by Crippen LogP contribution is -2.44. The Morgan fingerprint density at radius 2 is 1.91 bits per heavy atom. The number of carboxylic acids is 1. The number of carboxylic acid groups (broad SMARTS) is 1. The van der Waals surface area contributed by atoms with Crippen molar-refractivity contribution >= 4 is 11.9 Å². The molecule has 0 radical (unpaired) electrons. The minimum atomic E-state index is -1.25. The highest BCUT2D eigenvalue weighted by Gasteiger charge is 2.40. The summed E-state index contributed by atoms with van der Waals surface area (Å²) < 4.78 is 11.2. The number of rotatable bonds is 4. The Morgan fingerprint density at radius 3 is 2.48 bits per heavy atom. The summed E-state index contributed by atoms with van der Waals surface area (Å²) in [5.74, 6) is -0.807. The number of carbonyl (C=O) groups is 2. The fraction of sp³-hybridized carbons (Fsp3) is 0.500. The lowest BCUT2D eigenvalue weighted by atomic mass is 9.87. The third-order valence-electron chi connectivity index (χ3n) is 4.38. The second-order valence-corrected chi connectivity index (χ2v) is 5.92. The van der Waals surface area contributed by atoms with Crippen molar-refractivity contribution in [3.8, 4) is 11.5 Å². The number of fused-ring (bicyclic) bond motifs is 1. The van der Waals surface area contributed by atoms with E-state index in [0.29, 0.717) is 24.3 Å². The van der Waals surface area contributed by atoms with Crippen LogP contribution in [0.3, 0.4) is 0 Å². The van der Waals surface area contributed by atoms with Crippen molar-refractivity contribution < 1.29 is 24.2 Å². The summed E-state index contributed by atoms with van der Waals surface area (Å²) in [6.45, 7) is 6.57. The predicted octanol–water partition coefficient (Wildman–Crippen LogP) is 2.45. The van der Waals surface area contributed by atoms with E-state index < -0.39 is 24.1 Å². The zero-order valence-electron chi connectivity index (χ0n) is 13.6. The van der Waals surface area contributed by atoms with Crippen LogP contribution in [0.25, 0.3) is 0 Å². The second kappa shape index (κ2) is 5.98. The van der Waals surface area contributed by atoms with Crippen molar-refractivity contribution in [1.82, 2.24) is 0 Å². The minimum Gasteiger partial charge on any atom is -0.483 e. The average Bonchev–Trinajstić information content (AvgIpc) is 2.52. The summed E-state index contributed by atoms with van der Waals surface area (Å²) in [6, 6.07) is 0. The van der Waals surface area contributed by atoms with Gasteiger partial charge in [-0.2, -0.15) is 0 Å². The SMILES string of the molecule is Cc1c(C)c2c(c(C)c1OCC(=O)N=O)CCC(C)(C(=O)O)O2. The quantitative estimate of drug-likeness (QED) is 0.855. The molecule has 1 unspecified atom stereocenters. The molecule has 0 saturated carbocycles. The van der Waals surface area contributed by atoms with E-state index in [0.717, 1.165) is 22.3 Å². The molecule has 0 aromatic heterocycles. The topological polar surface area (TPSA) is 102 Å². The number of ether oxygens (including phenoxy) is 2. The molecule has 1 N–H and O–H groups in total. The van der Waals surface area contributed by atoms with Crippen molar-refractivity contribution in [2.75, 3.05) is 6.61 Å². The molecule has 1 heterocycles. The molecular weight excluding hydrogens is 302 g/mol. The van der Waals surface area contributed by atoms with Crippen LogP contribution in [0.4, 0.5) is 0 Å². The third-order valence-corrected chi connectivity index (χ3v) is 4.38. The molecule has 0 fully saturated rings. The van der Waals surface area contributed by atoms with Crippen LogP contribution in [0.2, 0.25) is 0 Å². The number of hydrogen-bond acceptors (Lipinski definition) is 5. The van der Waals surface area contributed by atoms with Crippen LogP contribution in [0, 0.1) is 25.7 Å². The van der Waals surface area contributed by atoms with Gasteiger partial charge in [0.25, 0.3) is 0 Å². The van der Waals surface area contributed by atoms with Gasteiger partial charge < -0.3 is 14.6 Å². The lowest BCUT2D eigenvalue weighted by Gasteiger charge is -2.35. The molecule has 2 rings (SSSR count). The standard InChI is InChI=1S/C16H19NO6/c1-8-9(2)14-11(5-6-16(4,23-14)15(19)20)10(3)13(8)22-7-12(18)17-21/h5-7H2,1-4H3,(H,19,20). The predicted molar refractivity (Wildman–Crippen MR) is 81.9 cm³/mol. The monoisotopic (exact) mass is 321 g/mol. The van der Waals surface area contributed by atoms with Crippen LogP contribution in [-0.2, 0) is 16.0 Å². The molecule has 1 aliphatic rings. The fourth-order valence-electron chi connectivity index (χ4n) is 2.76. The molecule has 0 spiro atoms. The zero-order chi connectivity index (χ0) is 17.4.